The van der Waals surface area contributed by atoms with Crippen molar-refractivity contribution in [3.05, 3.63) is 17.5 Å². The highest BCUT2D eigenvalue weighted by molar-refractivity contribution is 5.94. The van der Waals surface area contributed by atoms with E-state index in [4.69, 9.17) is 0 Å². The molecule has 2 amide bonds. The molecule has 2 rings (SSSR count). The SMILES string of the molecule is O=C(NCC(=O)N1CCCC1)c1cc(C(F)F)[nH]n1. The zero-order chi connectivity index (χ0) is 13.8. The maximum atomic E-state index is 12.3. The number of H-pyrrole nitrogens is 1. The number of nitrogens with zero attached hydrogens (tertiary/aromatic N) is 2. The van der Waals surface area contributed by atoms with Crippen LogP contribution in [0.1, 0.15) is 35.4 Å². The molecule has 1 fully saturated rings. The van der Waals surface area contributed by atoms with Gasteiger partial charge in [-0.15, -0.1) is 0 Å². The van der Waals surface area contributed by atoms with E-state index in [0.717, 1.165) is 18.9 Å². The normalized spacial score (nSPS) is 15.0. The molecule has 1 saturated heterocycles. The molecule has 6 nitrogen and oxygen atoms in total. The molecular weight excluding hydrogens is 258 g/mol. The Labute approximate surface area is 108 Å². The van der Waals surface area contributed by atoms with Crippen LogP contribution in [0.4, 0.5) is 8.78 Å². The number of hydrogen-bond donors (Lipinski definition) is 2. The van der Waals surface area contributed by atoms with Crippen LogP contribution < -0.4 is 5.32 Å². The van der Waals surface area contributed by atoms with E-state index in [1.54, 1.807) is 4.90 Å². The number of rotatable bonds is 4. The molecule has 0 unspecified atom stereocenters. The van der Waals surface area contributed by atoms with E-state index in [1.807, 2.05) is 0 Å². The highest BCUT2D eigenvalue weighted by Crippen LogP contribution is 2.16. The second-order valence-corrected chi connectivity index (χ2v) is 4.28. The van der Waals surface area contributed by atoms with Crippen molar-refractivity contribution in [2.45, 2.75) is 19.3 Å². The monoisotopic (exact) mass is 272 g/mol. The first-order chi connectivity index (χ1) is 9.08. The minimum Gasteiger partial charge on any atom is -0.342 e. The fourth-order valence-corrected chi connectivity index (χ4v) is 1.89. The van der Waals surface area contributed by atoms with Gasteiger partial charge in [-0.25, -0.2) is 8.78 Å². The first-order valence-corrected chi connectivity index (χ1v) is 5.97. The second-order valence-electron chi connectivity index (χ2n) is 4.28. The lowest BCUT2D eigenvalue weighted by atomic mass is 10.3. The minimum atomic E-state index is -2.71. The van der Waals surface area contributed by atoms with E-state index >= 15 is 0 Å². The van der Waals surface area contributed by atoms with Crippen LogP contribution in [0.3, 0.4) is 0 Å². The average molecular weight is 272 g/mol. The van der Waals surface area contributed by atoms with E-state index in [0.29, 0.717) is 13.1 Å². The molecule has 0 radical (unpaired) electrons. The number of likely N-dealkylation sites (tertiary alicyclic amines) is 1. The third-order valence-corrected chi connectivity index (χ3v) is 2.92. The van der Waals surface area contributed by atoms with Gasteiger partial charge >= 0.3 is 0 Å². The average Bonchev–Trinajstić information content (AvgIpc) is 3.05. The third kappa shape index (κ3) is 3.27. The van der Waals surface area contributed by atoms with Crippen LogP contribution >= 0.6 is 0 Å². The van der Waals surface area contributed by atoms with Crippen molar-refractivity contribution in [3.63, 3.8) is 0 Å². The van der Waals surface area contributed by atoms with Crippen molar-refractivity contribution in [2.24, 2.45) is 0 Å². The summed E-state index contributed by atoms with van der Waals surface area (Å²) in [5.41, 5.74) is -0.569. The van der Waals surface area contributed by atoms with Gasteiger partial charge in [0.15, 0.2) is 0 Å². The Hall–Kier alpha value is -1.99. The van der Waals surface area contributed by atoms with Crippen LogP contribution in [0.15, 0.2) is 6.07 Å². The van der Waals surface area contributed by atoms with Crippen molar-refractivity contribution < 1.29 is 18.4 Å². The van der Waals surface area contributed by atoms with Crippen molar-refractivity contribution in [2.75, 3.05) is 19.6 Å². The third-order valence-electron chi connectivity index (χ3n) is 2.92. The second kappa shape index (κ2) is 5.77. The van der Waals surface area contributed by atoms with Gasteiger partial charge in [-0.05, 0) is 18.9 Å². The van der Waals surface area contributed by atoms with Crippen LogP contribution in [0.25, 0.3) is 0 Å². The highest BCUT2D eigenvalue weighted by atomic mass is 19.3. The summed E-state index contributed by atoms with van der Waals surface area (Å²) < 4.78 is 24.6. The zero-order valence-electron chi connectivity index (χ0n) is 10.2. The number of alkyl halides is 2. The Bertz CT molecular complexity index is 469. The van der Waals surface area contributed by atoms with Gasteiger partial charge in [0.2, 0.25) is 5.91 Å². The number of nitrogens with one attached hydrogen (secondary N) is 2. The van der Waals surface area contributed by atoms with Crippen molar-refractivity contribution in [1.82, 2.24) is 20.4 Å². The van der Waals surface area contributed by atoms with E-state index in [9.17, 15) is 18.4 Å². The number of amides is 2. The molecule has 0 spiro atoms. The van der Waals surface area contributed by atoms with Crippen LogP contribution in [-0.4, -0.2) is 46.5 Å². The van der Waals surface area contributed by atoms with Gasteiger partial charge in [0.25, 0.3) is 12.3 Å². The number of hydrogen-bond acceptors (Lipinski definition) is 3. The summed E-state index contributed by atoms with van der Waals surface area (Å²) in [7, 11) is 0. The van der Waals surface area contributed by atoms with Gasteiger partial charge in [-0.2, -0.15) is 5.10 Å². The van der Waals surface area contributed by atoms with E-state index in [-0.39, 0.29) is 18.1 Å². The Morgan fingerprint density at radius 1 is 1.42 bits per heavy atom. The van der Waals surface area contributed by atoms with Crippen molar-refractivity contribution >= 4 is 11.8 Å². The summed E-state index contributed by atoms with van der Waals surface area (Å²) in [4.78, 5) is 24.9. The summed E-state index contributed by atoms with van der Waals surface area (Å²) >= 11 is 0. The molecule has 1 aliphatic rings. The molecule has 1 aromatic rings. The number of aromatic amines is 1. The largest absolute Gasteiger partial charge is 0.342 e. The van der Waals surface area contributed by atoms with E-state index < -0.39 is 18.0 Å². The van der Waals surface area contributed by atoms with Crippen LogP contribution in [0.2, 0.25) is 0 Å². The molecule has 1 aliphatic heterocycles. The summed E-state index contributed by atoms with van der Waals surface area (Å²) in [6, 6.07) is 0.973. The first-order valence-electron chi connectivity index (χ1n) is 5.97. The first kappa shape index (κ1) is 13.4. The Morgan fingerprint density at radius 2 is 2.11 bits per heavy atom. The quantitative estimate of drug-likeness (QED) is 0.847. The Balaban J connectivity index is 1.84. The topological polar surface area (TPSA) is 78.1 Å². The predicted octanol–water partition coefficient (Wildman–Crippen LogP) is 0.699. The van der Waals surface area contributed by atoms with Crippen LogP contribution in [0.5, 0.6) is 0 Å². The molecule has 0 atom stereocenters. The maximum absolute atomic E-state index is 12.3. The standard InChI is InChI=1S/C11H14F2N4O2/c12-10(13)7-5-8(16-15-7)11(19)14-6-9(18)17-3-1-2-4-17/h5,10H,1-4,6H2,(H,14,19)(H,15,16). The number of halogens is 2. The predicted molar refractivity (Wildman–Crippen MR) is 61.7 cm³/mol. The smallest absolute Gasteiger partial charge is 0.279 e. The summed E-state index contributed by atoms with van der Waals surface area (Å²) in [5.74, 6) is -0.814. The molecule has 104 valence electrons. The number of carbonyl (C=O) groups excluding carboxylic acids is 2. The number of carbonyl (C=O) groups is 2. The van der Waals surface area contributed by atoms with E-state index in [1.165, 1.54) is 0 Å². The Kier molecular flexibility index (Phi) is 4.08. The fourth-order valence-electron chi connectivity index (χ4n) is 1.89. The molecule has 0 aromatic carbocycles. The van der Waals surface area contributed by atoms with Gasteiger partial charge < -0.3 is 10.2 Å². The number of aromatic nitrogens is 2. The molecule has 8 heteroatoms. The summed E-state index contributed by atoms with van der Waals surface area (Å²) in [6.07, 6.45) is -0.770. The Morgan fingerprint density at radius 3 is 2.68 bits per heavy atom. The lowest BCUT2D eigenvalue weighted by molar-refractivity contribution is -0.129. The minimum absolute atomic E-state index is 0.143. The lowest BCUT2D eigenvalue weighted by Gasteiger charge is -2.14. The van der Waals surface area contributed by atoms with Gasteiger partial charge in [0.1, 0.15) is 11.4 Å². The molecule has 19 heavy (non-hydrogen) atoms. The highest BCUT2D eigenvalue weighted by Gasteiger charge is 2.20. The van der Waals surface area contributed by atoms with Gasteiger partial charge in [0, 0.05) is 13.1 Å². The van der Waals surface area contributed by atoms with Crippen LogP contribution in [-0.2, 0) is 4.79 Å². The van der Waals surface area contributed by atoms with Gasteiger partial charge in [-0.3, -0.25) is 14.7 Å². The molecule has 2 heterocycles. The molecule has 0 saturated carbocycles. The van der Waals surface area contributed by atoms with Crippen LogP contribution in [0, 0.1) is 0 Å². The molecule has 0 bridgehead atoms. The van der Waals surface area contributed by atoms with Crippen molar-refractivity contribution in [1.29, 1.82) is 0 Å². The molecule has 2 N–H and O–H groups in total. The molecular formula is C11H14F2N4O2. The van der Waals surface area contributed by atoms with E-state index in [2.05, 4.69) is 15.5 Å². The molecule has 0 aliphatic carbocycles. The zero-order valence-corrected chi connectivity index (χ0v) is 10.2. The summed E-state index contributed by atoms with van der Waals surface area (Å²) in [5, 5.41) is 7.91. The maximum Gasteiger partial charge on any atom is 0.279 e. The fraction of sp³-hybridized carbons (Fsp3) is 0.545. The van der Waals surface area contributed by atoms with Crippen molar-refractivity contribution in [3.8, 4) is 0 Å². The summed E-state index contributed by atoms with van der Waals surface area (Å²) in [6.45, 7) is 1.26. The van der Waals surface area contributed by atoms with Gasteiger partial charge in [0.05, 0.1) is 6.54 Å². The van der Waals surface area contributed by atoms with Gasteiger partial charge in [-0.1, -0.05) is 0 Å². The lowest BCUT2D eigenvalue weighted by Crippen LogP contribution is -2.38. The molecule has 1 aromatic heterocycles.